The van der Waals surface area contributed by atoms with E-state index in [0.717, 1.165) is 31.2 Å². The Balaban J connectivity index is 0.00000243. The van der Waals surface area contributed by atoms with E-state index in [1.807, 2.05) is 0 Å². The Morgan fingerprint density at radius 2 is 1.77 bits per heavy atom. The van der Waals surface area contributed by atoms with Crippen LogP contribution in [-0.4, -0.2) is 37.0 Å². The van der Waals surface area contributed by atoms with Gasteiger partial charge in [0.1, 0.15) is 0 Å². The first kappa shape index (κ1) is 20.6. The number of nitrogens with zero attached hydrogens (tertiary/aromatic N) is 3. The summed E-state index contributed by atoms with van der Waals surface area (Å²) in [5, 5.41) is 4.00. The number of aromatic nitrogens is 2. The second-order valence-corrected chi connectivity index (χ2v) is 8.66. The van der Waals surface area contributed by atoms with Crippen LogP contribution in [0, 0.1) is 0 Å². The number of hydrogen-bond acceptors (Lipinski definition) is 6. The Morgan fingerprint density at radius 1 is 1.15 bits per heavy atom. The minimum absolute atomic E-state index is 0. The second kappa shape index (κ2) is 7.87. The maximum Gasteiger partial charge on any atom is 0.250 e. The summed E-state index contributed by atoms with van der Waals surface area (Å²) < 4.78 is 30.5. The van der Waals surface area contributed by atoms with Crippen molar-refractivity contribution in [2.24, 2.45) is 5.73 Å². The van der Waals surface area contributed by atoms with Crippen molar-refractivity contribution >= 4 is 34.6 Å². The fourth-order valence-corrected chi connectivity index (χ4v) is 3.77. The molecule has 0 bridgehead atoms. The summed E-state index contributed by atoms with van der Waals surface area (Å²) in [5.74, 6) is 0.939. The molecule has 1 aliphatic carbocycles. The average Bonchev–Trinajstić information content (AvgIpc) is 3.23. The Bertz CT molecular complexity index is 870. The zero-order valence-corrected chi connectivity index (χ0v) is 16.4. The number of benzene rings is 1. The van der Waals surface area contributed by atoms with Crippen LogP contribution in [0.15, 0.2) is 33.7 Å². The minimum Gasteiger partial charge on any atom is -0.335 e. The van der Waals surface area contributed by atoms with Gasteiger partial charge in [-0.3, -0.25) is 0 Å². The molecule has 0 atom stereocenters. The zero-order valence-electron chi connectivity index (χ0n) is 14.8. The highest BCUT2D eigenvalue weighted by Gasteiger charge is 2.35. The SMILES string of the molecule is CN(C)S(=O)(=O)c1ccc(/C=C/c2nc(C3(N)CCCC3)no2)cc1.Cl. The molecule has 0 amide bonds. The van der Waals surface area contributed by atoms with Crippen LogP contribution in [0.2, 0.25) is 0 Å². The fraction of sp³-hybridized carbons (Fsp3) is 0.412. The summed E-state index contributed by atoms with van der Waals surface area (Å²) >= 11 is 0. The molecule has 7 nitrogen and oxygen atoms in total. The zero-order chi connectivity index (χ0) is 18.1. The van der Waals surface area contributed by atoms with Crippen LogP contribution in [0.5, 0.6) is 0 Å². The molecule has 1 aromatic carbocycles. The highest BCUT2D eigenvalue weighted by Crippen LogP contribution is 2.34. The summed E-state index contributed by atoms with van der Waals surface area (Å²) in [6.07, 6.45) is 7.40. The van der Waals surface area contributed by atoms with Crippen molar-refractivity contribution in [3.8, 4) is 0 Å². The predicted molar refractivity (Wildman–Crippen MR) is 102 cm³/mol. The van der Waals surface area contributed by atoms with Gasteiger partial charge in [-0.1, -0.05) is 30.1 Å². The van der Waals surface area contributed by atoms with E-state index in [9.17, 15) is 8.42 Å². The quantitative estimate of drug-likeness (QED) is 0.830. The maximum absolute atomic E-state index is 12.0. The van der Waals surface area contributed by atoms with Gasteiger partial charge >= 0.3 is 0 Å². The number of rotatable bonds is 5. The van der Waals surface area contributed by atoms with Gasteiger partial charge in [-0.15, -0.1) is 12.4 Å². The van der Waals surface area contributed by atoms with Gasteiger partial charge in [-0.05, 0) is 36.6 Å². The smallest absolute Gasteiger partial charge is 0.250 e. The van der Waals surface area contributed by atoms with Crippen LogP contribution in [0.3, 0.4) is 0 Å². The molecule has 9 heteroatoms. The van der Waals surface area contributed by atoms with E-state index in [0.29, 0.717) is 11.7 Å². The monoisotopic (exact) mass is 398 g/mol. The lowest BCUT2D eigenvalue weighted by molar-refractivity contribution is 0.364. The molecule has 0 saturated heterocycles. The van der Waals surface area contributed by atoms with Crippen LogP contribution < -0.4 is 5.73 Å². The molecule has 1 saturated carbocycles. The topological polar surface area (TPSA) is 102 Å². The Hall–Kier alpha value is -1.74. The number of halogens is 1. The van der Waals surface area contributed by atoms with E-state index in [1.54, 1.807) is 36.4 Å². The van der Waals surface area contributed by atoms with E-state index in [-0.39, 0.29) is 17.3 Å². The van der Waals surface area contributed by atoms with Crippen molar-refractivity contribution in [1.29, 1.82) is 0 Å². The lowest BCUT2D eigenvalue weighted by Gasteiger charge is -2.17. The van der Waals surface area contributed by atoms with Crippen LogP contribution in [0.4, 0.5) is 0 Å². The minimum atomic E-state index is -3.42. The number of hydrogen-bond donors (Lipinski definition) is 1. The molecule has 0 unspecified atom stereocenters. The molecular weight excluding hydrogens is 376 g/mol. The molecule has 1 fully saturated rings. The van der Waals surface area contributed by atoms with E-state index in [4.69, 9.17) is 10.3 Å². The van der Waals surface area contributed by atoms with E-state index in [1.165, 1.54) is 18.4 Å². The third-order valence-electron chi connectivity index (χ3n) is 4.46. The third kappa shape index (κ3) is 4.15. The molecule has 1 aromatic heterocycles. The van der Waals surface area contributed by atoms with Gasteiger partial charge in [0.15, 0.2) is 5.82 Å². The molecule has 0 radical (unpaired) electrons. The van der Waals surface area contributed by atoms with Gasteiger partial charge in [-0.25, -0.2) is 12.7 Å². The Labute approximate surface area is 159 Å². The van der Waals surface area contributed by atoms with Gasteiger partial charge in [-0.2, -0.15) is 4.98 Å². The normalized spacial score (nSPS) is 16.9. The van der Waals surface area contributed by atoms with Crippen molar-refractivity contribution in [2.45, 2.75) is 36.1 Å². The molecule has 142 valence electrons. The van der Waals surface area contributed by atoms with Gasteiger partial charge < -0.3 is 10.3 Å². The molecule has 2 aromatic rings. The highest BCUT2D eigenvalue weighted by atomic mass is 35.5. The van der Waals surface area contributed by atoms with Crippen molar-refractivity contribution in [1.82, 2.24) is 14.4 Å². The fourth-order valence-electron chi connectivity index (χ4n) is 2.86. The third-order valence-corrected chi connectivity index (χ3v) is 6.29. The van der Waals surface area contributed by atoms with E-state index < -0.39 is 15.6 Å². The molecule has 0 aliphatic heterocycles. The van der Waals surface area contributed by atoms with Crippen molar-refractivity contribution in [3.05, 3.63) is 41.5 Å². The molecule has 1 heterocycles. The van der Waals surface area contributed by atoms with Gasteiger partial charge in [0, 0.05) is 20.2 Å². The lowest BCUT2D eigenvalue weighted by atomic mass is 9.99. The lowest BCUT2D eigenvalue weighted by Crippen LogP contribution is -2.34. The first-order valence-electron chi connectivity index (χ1n) is 8.15. The second-order valence-electron chi connectivity index (χ2n) is 6.51. The van der Waals surface area contributed by atoms with Crippen molar-refractivity contribution in [3.63, 3.8) is 0 Å². The largest absolute Gasteiger partial charge is 0.335 e. The van der Waals surface area contributed by atoms with Crippen LogP contribution in [0.25, 0.3) is 12.2 Å². The van der Waals surface area contributed by atoms with E-state index in [2.05, 4.69) is 10.1 Å². The highest BCUT2D eigenvalue weighted by molar-refractivity contribution is 7.89. The van der Waals surface area contributed by atoms with Crippen molar-refractivity contribution < 1.29 is 12.9 Å². The van der Waals surface area contributed by atoms with Crippen LogP contribution in [-0.2, 0) is 15.6 Å². The summed E-state index contributed by atoms with van der Waals surface area (Å²) in [6, 6.07) is 6.60. The van der Waals surface area contributed by atoms with Gasteiger partial charge in [0.25, 0.3) is 5.89 Å². The van der Waals surface area contributed by atoms with E-state index >= 15 is 0 Å². The number of sulfonamides is 1. The molecular formula is C17H23ClN4O3S. The molecule has 0 spiro atoms. The average molecular weight is 399 g/mol. The predicted octanol–water partition coefficient (Wildman–Crippen LogP) is 2.64. The van der Waals surface area contributed by atoms with Crippen molar-refractivity contribution in [2.75, 3.05) is 14.1 Å². The maximum atomic E-state index is 12.0. The van der Waals surface area contributed by atoms with Crippen LogP contribution >= 0.6 is 12.4 Å². The summed E-state index contributed by atoms with van der Waals surface area (Å²) in [4.78, 5) is 4.62. The standard InChI is InChI=1S/C17H22N4O3S.ClH/c1-21(2)25(22,23)14-8-5-13(6-9-14)7-10-15-19-16(20-24-15)17(18)11-3-4-12-17;/h5-10H,3-4,11-12,18H2,1-2H3;1H/b10-7+;. The molecule has 26 heavy (non-hydrogen) atoms. The first-order chi connectivity index (χ1) is 11.8. The Morgan fingerprint density at radius 3 is 2.35 bits per heavy atom. The van der Waals surface area contributed by atoms with Crippen LogP contribution in [0.1, 0.15) is 43.0 Å². The summed E-state index contributed by atoms with van der Waals surface area (Å²) in [6.45, 7) is 0. The Kier molecular flexibility index (Phi) is 6.23. The first-order valence-corrected chi connectivity index (χ1v) is 9.59. The molecule has 2 N–H and O–H groups in total. The summed E-state index contributed by atoms with van der Waals surface area (Å²) in [5.41, 5.74) is 6.67. The number of nitrogens with two attached hydrogens (primary N) is 1. The van der Waals surface area contributed by atoms with Gasteiger partial charge in [0.05, 0.1) is 10.4 Å². The summed E-state index contributed by atoms with van der Waals surface area (Å²) in [7, 11) is -0.410. The molecule has 1 aliphatic rings. The van der Waals surface area contributed by atoms with Gasteiger partial charge in [0.2, 0.25) is 10.0 Å². The molecule has 3 rings (SSSR count).